The summed E-state index contributed by atoms with van der Waals surface area (Å²) < 4.78 is 0. The predicted octanol–water partition coefficient (Wildman–Crippen LogP) is 0.0125. The first kappa shape index (κ1) is 9.70. The summed E-state index contributed by atoms with van der Waals surface area (Å²) in [4.78, 5) is 23.6. The molecule has 6 heteroatoms. The van der Waals surface area contributed by atoms with Gasteiger partial charge in [0.05, 0.1) is 12.2 Å². The second-order valence-corrected chi connectivity index (χ2v) is 3.53. The second kappa shape index (κ2) is 3.38. The molecule has 1 aliphatic rings. The topological polar surface area (TPSA) is 86.3 Å². The van der Waals surface area contributed by atoms with Gasteiger partial charge in [-0.05, 0) is 6.42 Å². The molecule has 0 spiro atoms. The van der Waals surface area contributed by atoms with E-state index < -0.39 is 5.97 Å². The summed E-state index contributed by atoms with van der Waals surface area (Å²) in [5, 5.41) is 15.2. The molecule has 2 N–H and O–H groups in total. The molecule has 0 atom stereocenters. The number of rotatable bonds is 1. The van der Waals surface area contributed by atoms with Crippen molar-refractivity contribution >= 4 is 11.9 Å². The molecule has 1 aliphatic heterocycles. The minimum absolute atomic E-state index is 0.00729. The number of amides is 1. The summed E-state index contributed by atoms with van der Waals surface area (Å²) >= 11 is 0. The van der Waals surface area contributed by atoms with E-state index in [1.165, 1.54) is 6.92 Å². The van der Waals surface area contributed by atoms with Gasteiger partial charge in [-0.15, -0.1) is 0 Å². The van der Waals surface area contributed by atoms with Gasteiger partial charge in [0.1, 0.15) is 0 Å². The van der Waals surface area contributed by atoms with Crippen LogP contribution in [0.15, 0.2) is 0 Å². The number of carbonyl (C=O) groups is 2. The van der Waals surface area contributed by atoms with E-state index >= 15 is 0 Å². The predicted molar refractivity (Wildman–Crippen MR) is 50.3 cm³/mol. The van der Waals surface area contributed by atoms with Gasteiger partial charge in [-0.3, -0.25) is 9.89 Å². The fourth-order valence-electron chi connectivity index (χ4n) is 1.76. The van der Waals surface area contributed by atoms with E-state index in [4.69, 9.17) is 5.11 Å². The zero-order valence-corrected chi connectivity index (χ0v) is 8.28. The monoisotopic (exact) mass is 209 g/mol. The molecular formula is C9H11N3O3. The lowest BCUT2D eigenvalue weighted by Gasteiger charge is -2.25. The molecule has 1 aromatic rings. The maximum absolute atomic E-state index is 11.1. The third-order valence-electron chi connectivity index (χ3n) is 2.58. The molecule has 0 unspecified atom stereocenters. The molecular weight excluding hydrogens is 198 g/mol. The van der Waals surface area contributed by atoms with Crippen LogP contribution in [0, 0.1) is 0 Å². The molecule has 0 aromatic carbocycles. The zero-order chi connectivity index (χ0) is 11.0. The summed E-state index contributed by atoms with van der Waals surface area (Å²) in [7, 11) is 0. The number of aromatic carboxylic acids is 1. The maximum atomic E-state index is 11.1. The highest BCUT2D eigenvalue weighted by atomic mass is 16.4. The highest BCUT2D eigenvalue weighted by Crippen LogP contribution is 2.19. The quantitative estimate of drug-likeness (QED) is 0.682. The van der Waals surface area contributed by atoms with E-state index in [2.05, 4.69) is 10.2 Å². The van der Waals surface area contributed by atoms with Gasteiger partial charge >= 0.3 is 5.97 Å². The van der Waals surface area contributed by atoms with Crippen LogP contribution in [-0.4, -0.2) is 38.6 Å². The van der Waals surface area contributed by atoms with Crippen molar-refractivity contribution < 1.29 is 14.7 Å². The third kappa shape index (κ3) is 1.58. The van der Waals surface area contributed by atoms with E-state index in [1.807, 2.05) is 0 Å². The van der Waals surface area contributed by atoms with Crippen LogP contribution in [-0.2, 0) is 17.8 Å². The molecule has 0 fully saturated rings. The number of fused-ring (bicyclic) bond motifs is 1. The number of H-pyrrole nitrogens is 1. The van der Waals surface area contributed by atoms with Gasteiger partial charge in [-0.2, -0.15) is 5.10 Å². The van der Waals surface area contributed by atoms with Crippen molar-refractivity contribution in [3.63, 3.8) is 0 Å². The number of carboxylic acid groups (broad SMARTS) is 1. The SMILES string of the molecule is CC(=O)N1CCc2c(C(=O)O)n[nH]c2C1. The zero-order valence-electron chi connectivity index (χ0n) is 8.28. The van der Waals surface area contributed by atoms with Crippen LogP contribution in [0.3, 0.4) is 0 Å². The third-order valence-corrected chi connectivity index (χ3v) is 2.58. The Balaban J connectivity index is 2.30. The fraction of sp³-hybridized carbons (Fsp3) is 0.444. The van der Waals surface area contributed by atoms with Crippen molar-refractivity contribution in [1.29, 1.82) is 0 Å². The van der Waals surface area contributed by atoms with Gasteiger partial charge in [-0.1, -0.05) is 0 Å². The summed E-state index contributed by atoms with van der Waals surface area (Å²) in [6.45, 7) is 2.48. The second-order valence-electron chi connectivity index (χ2n) is 3.53. The number of nitrogens with one attached hydrogen (secondary N) is 1. The maximum Gasteiger partial charge on any atom is 0.356 e. The molecule has 0 saturated heterocycles. The first-order chi connectivity index (χ1) is 7.09. The largest absolute Gasteiger partial charge is 0.476 e. The Morgan fingerprint density at radius 3 is 2.87 bits per heavy atom. The van der Waals surface area contributed by atoms with Crippen molar-refractivity contribution in [2.24, 2.45) is 0 Å². The lowest BCUT2D eigenvalue weighted by atomic mass is 10.0. The van der Waals surface area contributed by atoms with Crippen molar-refractivity contribution in [3.8, 4) is 0 Å². The Labute approximate surface area is 85.9 Å². The van der Waals surface area contributed by atoms with Gasteiger partial charge in [-0.25, -0.2) is 4.79 Å². The van der Waals surface area contributed by atoms with Crippen molar-refractivity contribution in [2.45, 2.75) is 19.9 Å². The van der Waals surface area contributed by atoms with Gasteiger partial charge in [0.15, 0.2) is 5.69 Å². The van der Waals surface area contributed by atoms with E-state index in [-0.39, 0.29) is 11.6 Å². The summed E-state index contributed by atoms with van der Waals surface area (Å²) in [6.07, 6.45) is 0.549. The van der Waals surface area contributed by atoms with E-state index in [0.29, 0.717) is 19.5 Å². The Morgan fingerprint density at radius 2 is 2.27 bits per heavy atom. The molecule has 2 rings (SSSR count). The highest BCUT2D eigenvalue weighted by molar-refractivity contribution is 5.87. The molecule has 0 radical (unpaired) electrons. The first-order valence-corrected chi connectivity index (χ1v) is 4.64. The number of carbonyl (C=O) groups excluding carboxylic acids is 1. The van der Waals surface area contributed by atoms with E-state index in [9.17, 15) is 9.59 Å². The van der Waals surface area contributed by atoms with Gasteiger partial charge < -0.3 is 10.0 Å². The molecule has 1 aromatic heterocycles. The molecule has 0 aliphatic carbocycles. The van der Waals surface area contributed by atoms with Crippen molar-refractivity contribution in [2.75, 3.05) is 6.54 Å². The van der Waals surface area contributed by atoms with Crippen LogP contribution in [0.2, 0.25) is 0 Å². The van der Waals surface area contributed by atoms with Crippen LogP contribution in [0.5, 0.6) is 0 Å². The lowest BCUT2D eigenvalue weighted by Crippen LogP contribution is -2.34. The Bertz CT molecular complexity index is 424. The standard InChI is InChI=1S/C9H11N3O3/c1-5(13)12-3-2-6-7(4-12)10-11-8(6)9(14)15/h2-4H2,1H3,(H,10,11)(H,14,15). The number of hydrogen-bond acceptors (Lipinski definition) is 3. The summed E-state index contributed by atoms with van der Waals surface area (Å²) in [5.41, 5.74) is 1.53. The highest BCUT2D eigenvalue weighted by Gasteiger charge is 2.25. The van der Waals surface area contributed by atoms with Gasteiger partial charge in [0.2, 0.25) is 5.91 Å². The van der Waals surface area contributed by atoms with Crippen molar-refractivity contribution in [3.05, 3.63) is 17.0 Å². The van der Waals surface area contributed by atoms with Crippen LogP contribution in [0.4, 0.5) is 0 Å². The molecule has 0 bridgehead atoms. The Hall–Kier alpha value is -1.85. The van der Waals surface area contributed by atoms with E-state index in [0.717, 1.165) is 11.3 Å². The number of aromatic amines is 1. The molecule has 80 valence electrons. The first-order valence-electron chi connectivity index (χ1n) is 4.64. The molecule has 2 heterocycles. The lowest BCUT2D eigenvalue weighted by molar-refractivity contribution is -0.129. The average Bonchev–Trinajstić information content (AvgIpc) is 2.59. The van der Waals surface area contributed by atoms with E-state index in [1.54, 1.807) is 4.90 Å². The number of hydrogen-bond donors (Lipinski definition) is 2. The number of nitrogens with zero attached hydrogens (tertiary/aromatic N) is 2. The number of carboxylic acids is 1. The smallest absolute Gasteiger partial charge is 0.356 e. The van der Waals surface area contributed by atoms with Crippen LogP contribution in [0.1, 0.15) is 28.7 Å². The number of aromatic nitrogens is 2. The molecule has 15 heavy (non-hydrogen) atoms. The van der Waals surface area contributed by atoms with Crippen LogP contribution in [0.25, 0.3) is 0 Å². The van der Waals surface area contributed by atoms with Crippen LogP contribution >= 0.6 is 0 Å². The van der Waals surface area contributed by atoms with Crippen molar-refractivity contribution in [1.82, 2.24) is 15.1 Å². The minimum Gasteiger partial charge on any atom is -0.476 e. The fourth-order valence-corrected chi connectivity index (χ4v) is 1.76. The van der Waals surface area contributed by atoms with Gasteiger partial charge in [0, 0.05) is 19.0 Å². The average molecular weight is 209 g/mol. The molecule has 0 saturated carbocycles. The normalized spacial score (nSPS) is 14.9. The molecule has 1 amide bonds. The molecule has 6 nitrogen and oxygen atoms in total. The summed E-state index contributed by atoms with van der Waals surface area (Å²) in [5.74, 6) is -1.03. The summed E-state index contributed by atoms with van der Waals surface area (Å²) in [6, 6.07) is 0. The minimum atomic E-state index is -1.02. The Kier molecular flexibility index (Phi) is 2.18. The van der Waals surface area contributed by atoms with Crippen LogP contribution < -0.4 is 0 Å². The van der Waals surface area contributed by atoms with Gasteiger partial charge in [0.25, 0.3) is 0 Å². The Morgan fingerprint density at radius 1 is 1.53 bits per heavy atom.